The maximum atomic E-state index is 6.11. The Balaban J connectivity index is 1.98. The molecule has 3 aromatic carbocycles. The molecule has 108 valence electrons. The Morgan fingerprint density at radius 1 is 0.773 bits per heavy atom. The van der Waals surface area contributed by atoms with Crippen LogP contribution in [-0.4, -0.2) is 7.11 Å². The predicted octanol–water partition coefficient (Wildman–Crippen LogP) is 5.32. The van der Waals surface area contributed by atoms with Crippen molar-refractivity contribution in [3.8, 4) is 0 Å². The number of fused-ring (bicyclic) bond motifs is 3. The third-order valence-corrected chi connectivity index (χ3v) is 4.06. The summed E-state index contributed by atoms with van der Waals surface area (Å²) in [6.07, 6.45) is -0.134. The van der Waals surface area contributed by atoms with E-state index in [1.807, 2.05) is 36.4 Å². The Kier molecular flexibility index (Phi) is 3.17. The van der Waals surface area contributed by atoms with Crippen LogP contribution in [0, 0.1) is 0 Å². The Hall–Kier alpha value is -2.58. The zero-order chi connectivity index (χ0) is 14.9. The molecule has 1 heterocycles. The van der Waals surface area contributed by atoms with E-state index < -0.39 is 0 Å². The summed E-state index contributed by atoms with van der Waals surface area (Å²) in [7, 11) is 1.74. The highest BCUT2D eigenvalue weighted by molar-refractivity contribution is 6.05. The van der Waals surface area contributed by atoms with Crippen LogP contribution in [0.25, 0.3) is 21.9 Å². The van der Waals surface area contributed by atoms with E-state index in [9.17, 15) is 0 Å². The van der Waals surface area contributed by atoms with E-state index in [2.05, 4.69) is 36.4 Å². The van der Waals surface area contributed by atoms with Crippen molar-refractivity contribution in [2.45, 2.75) is 6.10 Å². The first kappa shape index (κ1) is 13.1. The first-order valence-electron chi connectivity index (χ1n) is 7.36. The highest BCUT2D eigenvalue weighted by atomic mass is 16.5. The molecule has 4 aromatic rings. The average Bonchev–Trinajstić information content (AvgIpc) is 2.96. The minimum atomic E-state index is -0.134. The fourth-order valence-corrected chi connectivity index (χ4v) is 3.05. The zero-order valence-corrected chi connectivity index (χ0v) is 12.3. The third kappa shape index (κ3) is 2.00. The Bertz CT molecular complexity index is 922. The van der Waals surface area contributed by atoms with E-state index >= 15 is 0 Å². The molecule has 0 saturated carbocycles. The number of furan rings is 1. The Morgan fingerprint density at radius 3 is 2.32 bits per heavy atom. The van der Waals surface area contributed by atoms with Gasteiger partial charge in [-0.1, -0.05) is 66.7 Å². The number of methoxy groups -OCH3 is 1. The lowest BCUT2D eigenvalue weighted by molar-refractivity contribution is 0.137. The molecule has 0 aliphatic heterocycles. The molecule has 0 aliphatic carbocycles. The number of benzene rings is 3. The van der Waals surface area contributed by atoms with Crippen molar-refractivity contribution >= 4 is 21.9 Å². The van der Waals surface area contributed by atoms with Gasteiger partial charge in [0.2, 0.25) is 0 Å². The van der Waals surface area contributed by atoms with Crippen molar-refractivity contribution in [1.82, 2.24) is 0 Å². The Labute approximate surface area is 128 Å². The van der Waals surface area contributed by atoms with Gasteiger partial charge in [-0.25, -0.2) is 0 Å². The van der Waals surface area contributed by atoms with Gasteiger partial charge < -0.3 is 9.15 Å². The van der Waals surface area contributed by atoms with Gasteiger partial charge in [0.15, 0.2) is 0 Å². The Morgan fingerprint density at radius 2 is 1.50 bits per heavy atom. The first-order valence-corrected chi connectivity index (χ1v) is 7.36. The van der Waals surface area contributed by atoms with Crippen LogP contribution < -0.4 is 0 Å². The molecule has 0 amide bonds. The summed E-state index contributed by atoms with van der Waals surface area (Å²) in [6, 6.07) is 24.6. The maximum absolute atomic E-state index is 6.11. The van der Waals surface area contributed by atoms with Crippen molar-refractivity contribution in [2.75, 3.05) is 7.11 Å². The molecule has 2 heteroatoms. The second kappa shape index (κ2) is 5.32. The summed E-state index contributed by atoms with van der Waals surface area (Å²) in [5.41, 5.74) is 3.99. The molecule has 0 saturated heterocycles. The average molecular weight is 288 g/mol. The number of hydrogen-bond acceptors (Lipinski definition) is 2. The van der Waals surface area contributed by atoms with Gasteiger partial charge in [-0.2, -0.15) is 0 Å². The summed E-state index contributed by atoms with van der Waals surface area (Å²) in [4.78, 5) is 0. The monoisotopic (exact) mass is 288 g/mol. The largest absolute Gasteiger partial charge is 0.456 e. The normalized spacial score (nSPS) is 12.8. The third-order valence-electron chi connectivity index (χ3n) is 4.06. The van der Waals surface area contributed by atoms with E-state index in [1.54, 1.807) is 7.11 Å². The van der Waals surface area contributed by atoms with Crippen molar-refractivity contribution in [1.29, 1.82) is 0 Å². The van der Waals surface area contributed by atoms with Crippen molar-refractivity contribution in [3.63, 3.8) is 0 Å². The molecule has 0 aliphatic rings. The summed E-state index contributed by atoms with van der Waals surface area (Å²) in [6.45, 7) is 0. The van der Waals surface area contributed by atoms with Crippen LogP contribution in [0.3, 0.4) is 0 Å². The molecule has 2 nitrogen and oxygen atoms in total. The minimum absolute atomic E-state index is 0.134. The van der Waals surface area contributed by atoms with Crippen LogP contribution in [-0.2, 0) is 4.74 Å². The topological polar surface area (TPSA) is 22.4 Å². The van der Waals surface area contributed by atoms with E-state index in [0.717, 1.165) is 33.1 Å². The van der Waals surface area contributed by atoms with Gasteiger partial charge in [-0.05, 0) is 11.6 Å². The number of para-hydroxylation sites is 2. The summed E-state index contributed by atoms with van der Waals surface area (Å²) < 4.78 is 11.9. The quantitative estimate of drug-likeness (QED) is 0.509. The van der Waals surface area contributed by atoms with Gasteiger partial charge in [-0.15, -0.1) is 0 Å². The fourth-order valence-electron chi connectivity index (χ4n) is 3.05. The van der Waals surface area contributed by atoms with Crippen LogP contribution in [0.4, 0.5) is 0 Å². The minimum Gasteiger partial charge on any atom is -0.456 e. The summed E-state index contributed by atoms with van der Waals surface area (Å²) in [5.74, 6) is 0. The van der Waals surface area contributed by atoms with E-state index in [4.69, 9.17) is 9.15 Å². The van der Waals surface area contributed by atoms with Gasteiger partial charge in [0.05, 0.1) is 0 Å². The van der Waals surface area contributed by atoms with E-state index in [-0.39, 0.29) is 6.10 Å². The molecule has 0 radical (unpaired) electrons. The van der Waals surface area contributed by atoms with Crippen molar-refractivity contribution < 1.29 is 9.15 Å². The van der Waals surface area contributed by atoms with Crippen LogP contribution in [0.5, 0.6) is 0 Å². The molecule has 4 rings (SSSR count). The first-order chi connectivity index (χ1) is 10.9. The van der Waals surface area contributed by atoms with Crippen molar-refractivity contribution in [3.05, 3.63) is 83.9 Å². The smallest absolute Gasteiger partial charge is 0.141 e. The highest BCUT2D eigenvalue weighted by Crippen LogP contribution is 2.36. The lowest BCUT2D eigenvalue weighted by Gasteiger charge is -2.16. The van der Waals surface area contributed by atoms with Gasteiger partial charge in [0.1, 0.15) is 17.3 Å². The number of hydrogen-bond donors (Lipinski definition) is 0. The van der Waals surface area contributed by atoms with Gasteiger partial charge in [0.25, 0.3) is 0 Å². The second-order valence-corrected chi connectivity index (χ2v) is 5.35. The molecule has 1 unspecified atom stereocenters. The van der Waals surface area contributed by atoms with Gasteiger partial charge >= 0.3 is 0 Å². The molecular formula is C20H16O2. The molecule has 1 aromatic heterocycles. The standard InChI is InChI=1S/C20H16O2/c1-21-19(14-8-3-2-4-9-14)17-12-7-11-16-15-10-5-6-13-18(15)22-20(16)17/h2-13,19H,1H3. The lowest BCUT2D eigenvalue weighted by atomic mass is 9.99. The second-order valence-electron chi connectivity index (χ2n) is 5.35. The van der Waals surface area contributed by atoms with Crippen LogP contribution >= 0.6 is 0 Å². The number of ether oxygens (including phenoxy) is 1. The fraction of sp³-hybridized carbons (Fsp3) is 0.100. The molecule has 22 heavy (non-hydrogen) atoms. The van der Waals surface area contributed by atoms with Gasteiger partial charge in [0, 0.05) is 23.4 Å². The van der Waals surface area contributed by atoms with E-state index in [0.29, 0.717) is 0 Å². The molecule has 0 fully saturated rings. The molecule has 0 bridgehead atoms. The van der Waals surface area contributed by atoms with Gasteiger partial charge in [-0.3, -0.25) is 0 Å². The summed E-state index contributed by atoms with van der Waals surface area (Å²) in [5, 5.41) is 2.27. The SMILES string of the molecule is COC(c1ccccc1)c1cccc2c1oc1ccccc12. The van der Waals surface area contributed by atoms with E-state index in [1.165, 1.54) is 0 Å². The highest BCUT2D eigenvalue weighted by Gasteiger charge is 2.19. The zero-order valence-electron chi connectivity index (χ0n) is 12.3. The maximum Gasteiger partial charge on any atom is 0.141 e. The predicted molar refractivity (Wildman–Crippen MR) is 89.0 cm³/mol. The number of rotatable bonds is 3. The van der Waals surface area contributed by atoms with Crippen LogP contribution in [0.1, 0.15) is 17.2 Å². The molecule has 0 spiro atoms. The van der Waals surface area contributed by atoms with Crippen molar-refractivity contribution in [2.24, 2.45) is 0 Å². The lowest BCUT2D eigenvalue weighted by Crippen LogP contribution is -2.03. The molecule has 1 atom stereocenters. The molecule has 0 N–H and O–H groups in total. The summed E-state index contributed by atoms with van der Waals surface area (Å²) >= 11 is 0. The molecular weight excluding hydrogens is 272 g/mol. The van der Waals surface area contributed by atoms with Crippen LogP contribution in [0.15, 0.2) is 77.2 Å². The van der Waals surface area contributed by atoms with Crippen LogP contribution in [0.2, 0.25) is 0 Å².